The van der Waals surface area contributed by atoms with Gasteiger partial charge in [0.05, 0.1) is 10.7 Å². The van der Waals surface area contributed by atoms with Crippen molar-refractivity contribution in [1.29, 1.82) is 0 Å². The second kappa shape index (κ2) is 7.72. The number of thiazole rings is 2. The molecule has 0 bridgehead atoms. The average Bonchev–Trinajstić information content (AvgIpc) is 3.14. The molecule has 3 heterocycles. The summed E-state index contributed by atoms with van der Waals surface area (Å²) in [5.74, 6) is 0.962. The van der Waals surface area contributed by atoms with Gasteiger partial charge < -0.3 is 5.32 Å². The summed E-state index contributed by atoms with van der Waals surface area (Å²) in [6, 6.07) is 0. The normalized spacial score (nSPS) is 15.8. The Kier molecular flexibility index (Phi) is 5.63. The molecule has 0 saturated carbocycles. The van der Waals surface area contributed by atoms with E-state index in [4.69, 9.17) is 0 Å². The molecule has 2 aromatic rings. The fraction of sp³-hybridized carbons (Fsp3) is 0.588. The van der Waals surface area contributed by atoms with Gasteiger partial charge in [0.15, 0.2) is 5.13 Å². The van der Waals surface area contributed by atoms with Gasteiger partial charge in [0.2, 0.25) is 0 Å². The van der Waals surface area contributed by atoms with Crippen LogP contribution in [0.15, 0.2) is 6.20 Å². The number of piperidine rings is 1. The summed E-state index contributed by atoms with van der Waals surface area (Å²) in [4.78, 5) is 23.6. The third-order valence-electron chi connectivity index (χ3n) is 4.10. The molecular weight excluding hydrogens is 340 g/mol. The van der Waals surface area contributed by atoms with Crippen LogP contribution in [0.5, 0.6) is 0 Å². The first-order valence-corrected chi connectivity index (χ1v) is 10.1. The van der Waals surface area contributed by atoms with Gasteiger partial charge in [-0.05, 0) is 51.1 Å². The van der Waals surface area contributed by atoms with E-state index in [0.717, 1.165) is 47.9 Å². The molecule has 0 atom stereocenters. The number of carbonyl (C=O) groups is 1. The van der Waals surface area contributed by atoms with E-state index in [0.29, 0.717) is 17.0 Å². The molecule has 7 heteroatoms. The number of nitrogens with zero attached hydrogens (tertiary/aromatic N) is 2. The van der Waals surface area contributed by atoms with E-state index in [2.05, 4.69) is 34.4 Å². The first kappa shape index (κ1) is 17.5. The maximum atomic E-state index is 12.6. The highest BCUT2D eigenvalue weighted by Gasteiger charge is 2.21. The van der Waals surface area contributed by atoms with Crippen molar-refractivity contribution in [3.63, 3.8) is 0 Å². The molecule has 2 N–H and O–H groups in total. The monoisotopic (exact) mass is 364 g/mol. The number of hydrogen-bond acceptors (Lipinski definition) is 6. The van der Waals surface area contributed by atoms with Gasteiger partial charge in [0, 0.05) is 11.1 Å². The van der Waals surface area contributed by atoms with E-state index in [1.165, 1.54) is 16.2 Å². The Labute approximate surface area is 150 Å². The van der Waals surface area contributed by atoms with Gasteiger partial charge in [0.1, 0.15) is 4.88 Å². The quantitative estimate of drug-likeness (QED) is 0.846. The van der Waals surface area contributed by atoms with Gasteiger partial charge in [-0.25, -0.2) is 9.97 Å². The lowest BCUT2D eigenvalue weighted by molar-refractivity contribution is 0.102. The first-order valence-electron chi connectivity index (χ1n) is 8.47. The fourth-order valence-corrected chi connectivity index (χ4v) is 4.79. The van der Waals surface area contributed by atoms with Crippen molar-refractivity contribution in [2.24, 2.45) is 5.92 Å². The molecule has 3 rings (SSSR count). The van der Waals surface area contributed by atoms with Gasteiger partial charge in [0.25, 0.3) is 5.91 Å². The summed E-state index contributed by atoms with van der Waals surface area (Å²) < 4.78 is 0. The Morgan fingerprint density at radius 2 is 2.12 bits per heavy atom. The van der Waals surface area contributed by atoms with E-state index in [9.17, 15) is 4.79 Å². The minimum atomic E-state index is -0.0811. The van der Waals surface area contributed by atoms with Crippen LogP contribution in [0, 0.1) is 12.8 Å². The molecule has 130 valence electrons. The van der Waals surface area contributed by atoms with Crippen molar-refractivity contribution >= 4 is 33.7 Å². The minimum absolute atomic E-state index is 0.0811. The van der Waals surface area contributed by atoms with Gasteiger partial charge in [-0.15, -0.1) is 22.7 Å². The standard InChI is InChI=1S/C17H24N4OS2/c1-10(2)8-13-15(23-11(3)20-13)16(22)21-17-19-9-14(24-17)12-4-6-18-7-5-12/h9-10,12,18H,4-8H2,1-3H3,(H,19,21,22). The van der Waals surface area contributed by atoms with E-state index in [-0.39, 0.29) is 5.91 Å². The van der Waals surface area contributed by atoms with E-state index in [1.54, 1.807) is 11.3 Å². The van der Waals surface area contributed by atoms with Crippen LogP contribution in [0.25, 0.3) is 0 Å². The summed E-state index contributed by atoms with van der Waals surface area (Å²) in [5, 5.41) is 7.97. The van der Waals surface area contributed by atoms with Crippen molar-refractivity contribution in [1.82, 2.24) is 15.3 Å². The molecule has 2 aromatic heterocycles. The zero-order chi connectivity index (χ0) is 17.1. The SMILES string of the molecule is Cc1nc(CC(C)C)c(C(=O)Nc2ncc(C3CCNCC3)s2)s1. The predicted molar refractivity (Wildman–Crippen MR) is 100 cm³/mol. The third kappa shape index (κ3) is 4.20. The Bertz CT molecular complexity index is 701. The summed E-state index contributed by atoms with van der Waals surface area (Å²) in [7, 11) is 0. The maximum Gasteiger partial charge on any atom is 0.269 e. The van der Waals surface area contributed by atoms with Crippen LogP contribution in [-0.4, -0.2) is 29.0 Å². The highest BCUT2D eigenvalue weighted by atomic mass is 32.1. The molecule has 1 fully saturated rings. The molecule has 0 radical (unpaired) electrons. The van der Waals surface area contributed by atoms with Crippen LogP contribution in [0.4, 0.5) is 5.13 Å². The Balaban J connectivity index is 1.70. The summed E-state index contributed by atoms with van der Waals surface area (Å²) in [6.07, 6.45) is 5.03. The predicted octanol–water partition coefficient (Wildman–Crippen LogP) is 3.83. The molecule has 0 unspecified atom stereocenters. The van der Waals surface area contributed by atoms with Gasteiger partial charge in [-0.3, -0.25) is 10.1 Å². The molecule has 1 saturated heterocycles. The number of aromatic nitrogens is 2. The van der Waals surface area contributed by atoms with Crippen LogP contribution in [0.1, 0.15) is 57.9 Å². The van der Waals surface area contributed by atoms with Crippen LogP contribution >= 0.6 is 22.7 Å². The minimum Gasteiger partial charge on any atom is -0.317 e. The lowest BCUT2D eigenvalue weighted by Gasteiger charge is -2.20. The molecule has 0 aromatic carbocycles. The Morgan fingerprint density at radius 1 is 1.38 bits per heavy atom. The van der Waals surface area contributed by atoms with E-state index >= 15 is 0 Å². The van der Waals surface area contributed by atoms with Crippen LogP contribution in [0.2, 0.25) is 0 Å². The molecule has 1 amide bonds. The fourth-order valence-electron chi connectivity index (χ4n) is 2.97. The van der Waals surface area contributed by atoms with Crippen LogP contribution in [0.3, 0.4) is 0 Å². The van der Waals surface area contributed by atoms with Crippen molar-refractivity contribution < 1.29 is 4.79 Å². The number of carbonyl (C=O) groups excluding carboxylic acids is 1. The summed E-state index contributed by atoms with van der Waals surface area (Å²) in [5.41, 5.74) is 0.903. The number of rotatable bonds is 5. The number of nitrogens with one attached hydrogen (secondary N) is 2. The molecule has 1 aliphatic rings. The number of amides is 1. The third-order valence-corrected chi connectivity index (χ3v) is 6.18. The zero-order valence-electron chi connectivity index (χ0n) is 14.4. The lowest BCUT2D eigenvalue weighted by atomic mass is 9.97. The second-order valence-corrected chi connectivity index (χ2v) is 8.92. The molecule has 1 aliphatic heterocycles. The molecule has 24 heavy (non-hydrogen) atoms. The van der Waals surface area contributed by atoms with Crippen molar-refractivity contribution in [2.75, 3.05) is 18.4 Å². The first-order chi connectivity index (χ1) is 11.5. The molecule has 0 aliphatic carbocycles. The van der Waals surface area contributed by atoms with Crippen LogP contribution in [-0.2, 0) is 6.42 Å². The van der Waals surface area contributed by atoms with Crippen LogP contribution < -0.4 is 10.6 Å². The Morgan fingerprint density at radius 3 is 2.83 bits per heavy atom. The summed E-state index contributed by atoms with van der Waals surface area (Å²) in [6.45, 7) is 8.35. The van der Waals surface area contributed by atoms with Crippen molar-refractivity contribution in [3.8, 4) is 0 Å². The van der Waals surface area contributed by atoms with Crippen molar-refractivity contribution in [3.05, 3.63) is 26.7 Å². The highest BCUT2D eigenvalue weighted by molar-refractivity contribution is 7.16. The smallest absolute Gasteiger partial charge is 0.269 e. The molecular formula is C17H24N4OS2. The molecule has 5 nitrogen and oxygen atoms in total. The summed E-state index contributed by atoms with van der Waals surface area (Å²) >= 11 is 3.07. The Hall–Kier alpha value is -1.31. The second-order valence-electron chi connectivity index (χ2n) is 6.65. The van der Waals surface area contributed by atoms with Crippen molar-refractivity contribution in [2.45, 2.75) is 46.0 Å². The van der Waals surface area contributed by atoms with Gasteiger partial charge in [-0.2, -0.15) is 0 Å². The maximum absolute atomic E-state index is 12.6. The zero-order valence-corrected chi connectivity index (χ0v) is 16.0. The highest BCUT2D eigenvalue weighted by Crippen LogP contribution is 2.32. The number of hydrogen-bond donors (Lipinski definition) is 2. The topological polar surface area (TPSA) is 66.9 Å². The van der Waals surface area contributed by atoms with E-state index in [1.807, 2.05) is 13.1 Å². The van der Waals surface area contributed by atoms with Gasteiger partial charge >= 0.3 is 0 Å². The van der Waals surface area contributed by atoms with Gasteiger partial charge in [-0.1, -0.05) is 13.8 Å². The largest absolute Gasteiger partial charge is 0.317 e. The molecule has 0 spiro atoms. The number of anilines is 1. The lowest BCUT2D eigenvalue weighted by Crippen LogP contribution is -2.26. The average molecular weight is 365 g/mol. The number of aryl methyl sites for hydroxylation is 1. The van der Waals surface area contributed by atoms with E-state index < -0.39 is 0 Å².